The Balaban J connectivity index is 0.00000144. The van der Waals surface area contributed by atoms with E-state index in [4.69, 9.17) is 0 Å². The predicted octanol–water partition coefficient (Wildman–Crippen LogP) is -1.10. The van der Waals surface area contributed by atoms with Crippen LogP contribution in [0.1, 0.15) is 32.6 Å². The van der Waals surface area contributed by atoms with Gasteiger partial charge in [-0.2, -0.15) is 4.68 Å². The van der Waals surface area contributed by atoms with Crippen LogP contribution in [0.5, 0.6) is 0 Å². The topological polar surface area (TPSA) is 8.81 Å². The Hall–Kier alpha value is -0.310. The maximum Gasteiger partial charge on any atom is 0.195 e. The zero-order chi connectivity index (χ0) is 8.81. The van der Waals surface area contributed by atoms with Gasteiger partial charge in [-0.1, -0.05) is 19.8 Å². The lowest BCUT2D eigenvalue weighted by Gasteiger charge is -1.96. The molecule has 0 N–H and O–H groups in total. The van der Waals surface area contributed by atoms with Crippen molar-refractivity contribution in [2.45, 2.75) is 39.2 Å². The van der Waals surface area contributed by atoms with E-state index in [1.807, 2.05) is 0 Å². The average Bonchev–Trinajstić information content (AvgIpc) is 2.46. The maximum atomic E-state index is 2.25. The first-order valence-corrected chi connectivity index (χ1v) is 4.85. The molecular weight excluding hydrogens is 228 g/mol. The Morgan fingerprint density at radius 2 is 2.00 bits per heavy atom. The van der Waals surface area contributed by atoms with Gasteiger partial charge in [-0.15, -0.1) is 4.68 Å². The fraction of sp³-hybridized carbons (Fsp3) is 0.700. The van der Waals surface area contributed by atoms with Gasteiger partial charge in [-0.3, -0.25) is 0 Å². The van der Waals surface area contributed by atoms with Crippen molar-refractivity contribution < 1.29 is 21.7 Å². The Morgan fingerprint density at radius 1 is 1.23 bits per heavy atom. The molecule has 0 spiro atoms. The fourth-order valence-electron chi connectivity index (χ4n) is 1.39. The second-order valence-electron chi connectivity index (χ2n) is 3.29. The summed E-state index contributed by atoms with van der Waals surface area (Å²) in [7, 11) is 2.08. The molecule has 0 aromatic carbocycles. The lowest BCUT2D eigenvalue weighted by atomic mass is 10.2. The largest absolute Gasteiger partial charge is 1.00 e. The number of rotatable bonds is 5. The molecule has 0 saturated heterocycles. The minimum Gasteiger partial charge on any atom is -1.00 e. The molecule has 0 amide bonds. The smallest absolute Gasteiger partial charge is 0.195 e. The molecule has 0 fully saturated rings. The summed E-state index contributed by atoms with van der Waals surface area (Å²) >= 11 is 0. The molecule has 0 atom stereocenters. The molecule has 0 saturated carbocycles. The van der Waals surface area contributed by atoms with Gasteiger partial charge in [0.15, 0.2) is 12.7 Å². The van der Waals surface area contributed by atoms with Crippen LogP contribution >= 0.6 is 0 Å². The van der Waals surface area contributed by atoms with Crippen LogP contribution in [0.4, 0.5) is 0 Å². The molecule has 0 radical (unpaired) electrons. The lowest BCUT2D eigenvalue weighted by molar-refractivity contribution is -0.773. The first-order chi connectivity index (χ1) is 5.84. The zero-order valence-electron chi connectivity index (χ0n) is 8.54. The molecule has 0 aliphatic rings. The molecule has 1 rings (SSSR count). The highest BCUT2D eigenvalue weighted by atomic mass is 79.9. The van der Waals surface area contributed by atoms with Gasteiger partial charge in [-0.05, 0) is 6.42 Å². The van der Waals surface area contributed by atoms with Gasteiger partial charge in [0.25, 0.3) is 0 Å². The molecule has 76 valence electrons. The van der Waals surface area contributed by atoms with E-state index >= 15 is 0 Å². The number of nitrogens with zero attached hydrogens (tertiary/aromatic N) is 2. The van der Waals surface area contributed by atoms with E-state index in [2.05, 4.69) is 41.8 Å². The van der Waals surface area contributed by atoms with Gasteiger partial charge in [0, 0.05) is 12.5 Å². The number of hydrogen-bond donors (Lipinski definition) is 0. The van der Waals surface area contributed by atoms with Crippen LogP contribution in [0.15, 0.2) is 18.5 Å². The summed E-state index contributed by atoms with van der Waals surface area (Å²) in [6.07, 6.45) is 9.56. The standard InChI is InChI=1S/C10H19N2.BrH/c1-3-4-5-6-9-12-10-7-8-11(12)2;/h7-8,10H,3-6,9H2,1-2H3;1H/q+1;/p-1. The number of hydrogen-bond acceptors (Lipinski definition) is 0. The van der Waals surface area contributed by atoms with E-state index in [-0.39, 0.29) is 17.0 Å². The van der Waals surface area contributed by atoms with Crippen LogP contribution in [0.3, 0.4) is 0 Å². The average molecular weight is 247 g/mol. The van der Waals surface area contributed by atoms with Crippen LogP contribution in [0.25, 0.3) is 0 Å². The monoisotopic (exact) mass is 246 g/mol. The van der Waals surface area contributed by atoms with Gasteiger partial charge in [0.2, 0.25) is 0 Å². The molecule has 13 heavy (non-hydrogen) atoms. The first-order valence-electron chi connectivity index (χ1n) is 4.85. The summed E-state index contributed by atoms with van der Waals surface area (Å²) in [5.41, 5.74) is 0. The molecule has 1 aromatic heterocycles. The van der Waals surface area contributed by atoms with E-state index < -0.39 is 0 Å². The van der Waals surface area contributed by atoms with E-state index in [1.54, 1.807) is 0 Å². The van der Waals surface area contributed by atoms with Crippen molar-refractivity contribution in [3.63, 3.8) is 0 Å². The van der Waals surface area contributed by atoms with Crippen LogP contribution in [-0.4, -0.2) is 4.68 Å². The van der Waals surface area contributed by atoms with E-state index in [0.717, 1.165) is 6.54 Å². The Kier molecular flexibility index (Phi) is 6.96. The van der Waals surface area contributed by atoms with E-state index in [9.17, 15) is 0 Å². The van der Waals surface area contributed by atoms with Crippen molar-refractivity contribution in [2.75, 3.05) is 0 Å². The first kappa shape index (κ1) is 12.7. The third kappa shape index (κ3) is 4.46. The van der Waals surface area contributed by atoms with E-state index in [1.165, 1.54) is 25.7 Å². The highest BCUT2D eigenvalue weighted by Gasteiger charge is 2.01. The molecule has 1 heterocycles. The van der Waals surface area contributed by atoms with Crippen molar-refractivity contribution in [1.29, 1.82) is 0 Å². The summed E-state index contributed by atoms with van der Waals surface area (Å²) in [4.78, 5) is 0. The minimum absolute atomic E-state index is 0. The molecule has 0 unspecified atom stereocenters. The second kappa shape index (κ2) is 7.13. The van der Waals surface area contributed by atoms with Crippen molar-refractivity contribution >= 4 is 0 Å². The minimum atomic E-state index is 0. The van der Waals surface area contributed by atoms with Crippen LogP contribution in [0.2, 0.25) is 0 Å². The van der Waals surface area contributed by atoms with Crippen LogP contribution in [-0.2, 0) is 13.6 Å². The summed E-state index contributed by atoms with van der Waals surface area (Å²) in [5.74, 6) is 0. The van der Waals surface area contributed by atoms with Crippen molar-refractivity contribution in [3.8, 4) is 0 Å². The summed E-state index contributed by atoms with van der Waals surface area (Å²) < 4.78 is 4.38. The molecule has 0 aliphatic heterocycles. The third-order valence-corrected chi connectivity index (χ3v) is 2.21. The molecule has 3 heteroatoms. The zero-order valence-corrected chi connectivity index (χ0v) is 10.1. The quantitative estimate of drug-likeness (QED) is 0.461. The third-order valence-electron chi connectivity index (χ3n) is 2.21. The van der Waals surface area contributed by atoms with Gasteiger partial charge in [0.1, 0.15) is 0 Å². The summed E-state index contributed by atoms with van der Waals surface area (Å²) in [6.45, 7) is 3.40. The highest BCUT2D eigenvalue weighted by Crippen LogP contribution is 1.97. The number of halogens is 1. The Bertz CT molecular complexity index is 220. The van der Waals surface area contributed by atoms with Gasteiger partial charge >= 0.3 is 0 Å². The Morgan fingerprint density at radius 3 is 2.54 bits per heavy atom. The SMILES string of the molecule is CCCCCC[n+]1cccn1C.[Br-]. The normalized spacial score (nSPS) is 9.69. The summed E-state index contributed by atoms with van der Waals surface area (Å²) in [5, 5.41) is 0. The van der Waals surface area contributed by atoms with Crippen LogP contribution in [0, 0.1) is 0 Å². The van der Waals surface area contributed by atoms with Crippen molar-refractivity contribution in [1.82, 2.24) is 4.68 Å². The van der Waals surface area contributed by atoms with Crippen molar-refractivity contribution in [3.05, 3.63) is 18.5 Å². The lowest BCUT2D eigenvalue weighted by Crippen LogP contribution is -3.00. The predicted molar refractivity (Wildman–Crippen MR) is 49.8 cm³/mol. The summed E-state index contributed by atoms with van der Waals surface area (Å²) in [6, 6.07) is 2.08. The molecule has 2 nitrogen and oxygen atoms in total. The fourth-order valence-corrected chi connectivity index (χ4v) is 1.39. The number of aromatic nitrogens is 2. The number of unbranched alkanes of at least 4 members (excludes halogenated alkanes) is 3. The van der Waals surface area contributed by atoms with Crippen molar-refractivity contribution in [2.24, 2.45) is 7.05 Å². The van der Waals surface area contributed by atoms with Gasteiger partial charge in [-0.25, -0.2) is 0 Å². The molecule has 0 aliphatic carbocycles. The second-order valence-corrected chi connectivity index (χ2v) is 3.29. The molecular formula is C10H19BrN2. The highest BCUT2D eigenvalue weighted by molar-refractivity contribution is 4.69. The molecule has 0 bridgehead atoms. The van der Waals surface area contributed by atoms with Crippen LogP contribution < -0.4 is 21.7 Å². The molecule has 1 aromatic rings. The van der Waals surface area contributed by atoms with Gasteiger partial charge < -0.3 is 17.0 Å². The Labute approximate surface area is 91.3 Å². The van der Waals surface area contributed by atoms with E-state index in [0.29, 0.717) is 0 Å². The maximum absolute atomic E-state index is 2.25. The number of aryl methyl sites for hydroxylation is 2. The van der Waals surface area contributed by atoms with Gasteiger partial charge in [0.05, 0.1) is 13.2 Å².